The van der Waals surface area contributed by atoms with Crippen LogP contribution >= 0.6 is 23.2 Å². The third-order valence-electron chi connectivity index (χ3n) is 8.51. The van der Waals surface area contributed by atoms with E-state index in [9.17, 15) is 14.4 Å². The molecule has 3 aromatic heterocycles. The normalized spacial score (nSPS) is 13.6. The van der Waals surface area contributed by atoms with Crippen LogP contribution in [-0.4, -0.2) is 39.0 Å². The number of carbonyl (C=O) groups excluding carboxylic acids is 1. The van der Waals surface area contributed by atoms with E-state index in [2.05, 4.69) is 21.7 Å². The fourth-order valence-electron chi connectivity index (χ4n) is 6.11. The molecule has 10 nitrogen and oxygen atoms in total. The Bertz CT molecular complexity index is 2130. The molecular formula is C35H32Cl2MnN6O4. The van der Waals surface area contributed by atoms with Crippen LogP contribution in [0.1, 0.15) is 36.4 Å². The first-order chi connectivity index (χ1) is 22.7. The van der Waals surface area contributed by atoms with Crippen molar-refractivity contribution in [3.05, 3.63) is 103 Å². The fraction of sp³-hybridized carbons (Fsp3) is 0.257. The molecule has 1 aliphatic carbocycles. The second-order valence-corrected chi connectivity index (χ2v) is 12.0. The molecule has 1 atom stereocenters. The second kappa shape index (κ2) is 15.1. The van der Waals surface area contributed by atoms with Crippen LogP contribution in [0.15, 0.2) is 64.3 Å². The van der Waals surface area contributed by atoms with Gasteiger partial charge in [-0.2, -0.15) is 6.42 Å². The molecule has 0 amide bonds. The van der Waals surface area contributed by atoms with E-state index in [4.69, 9.17) is 32.9 Å². The molecule has 6 rings (SSSR count). The number of pyridine rings is 2. The monoisotopic (exact) mass is 725 g/mol. The number of halogens is 2. The van der Waals surface area contributed by atoms with Crippen molar-refractivity contribution >= 4 is 51.9 Å². The first-order valence-electron chi connectivity index (χ1n) is 15.1. The Kier molecular flexibility index (Phi) is 11.1. The van der Waals surface area contributed by atoms with Crippen LogP contribution in [0, 0.1) is 6.42 Å². The third kappa shape index (κ3) is 6.53. The fourth-order valence-corrected chi connectivity index (χ4v) is 6.71. The van der Waals surface area contributed by atoms with Crippen molar-refractivity contribution in [1.29, 1.82) is 0 Å². The van der Waals surface area contributed by atoms with Gasteiger partial charge in [0.05, 0.1) is 34.1 Å². The van der Waals surface area contributed by atoms with Crippen LogP contribution in [0.3, 0.4) is 0 Å². The molecule has 0 saturated carbocycles. The molecule has 247 valence electrons. The predicted octanol–water partition coefficient (Wildman–Crippen LogP) is 6.09. The number of unbranched alkanes of at least 4 members (excludes halogenated alkanes) is 2. The maximum atomic E-state index is 13.1. The van der Waals surface area contributed by atoms with Crippen LogP contribution in [0.25, 0.3) is 33.3 Å². The number of fused-ring (bicyclic) bond motifs is 2. The van der Waals surface area contributed by atoms with Crippen LogP contribution in [0.2, 0.25) is 10.0 Å². The van der Waals surface area contributed by atoms with E-state index >= 15 is 0 Å². The molecule has 48 heavy (non-hydrogen) atoms. The number of rotatable bonds is 11. The van der Waals surface area contributed by atoms with Gasteiger partial charge in [-0.25, -0.2) is 21.2 Å². The van der Waals surface area contributed by atoms with Gasteiger partial charge < -0.3 is 26.6 Å². The standard InChI is InChI=1S/C35H32Cl2N6O4.Mn/c1-42-27-15-17-39-32(29(27)34(45)43(2)35(42)46)40-25-12-8-10-22(31(25)37)21-9-7-11-23(30(21)36)26-19-20-13-14-24(28(20)33(41-26)47-3)38-16-5-4-6-18-44;/h5,7-12,15,17,19,24,38H,4,6,13-14,16H2,1-3H3,(H,39,40);/q-2;+2. The van der Waals surface area contributed by atoms with Gasteiger partial charge in [0.25, 0.3) is 5.56 Å². The molecule has 0 aliphatic heterocycles. The van der Waals surface area contributed by atoms with Crippen molar-refractivity contribution in [2.75, 3.05) is 19.0 Å². The third-order valence-corrected chi connectivity index (χ3v) is 9.33. The number of hydrogen-bond acceptors (Lipinski definition) is 8. The SMILES string of the molecule is COc1nc(-c2cccc(-c3cccc(Nc4nccc5c4c(=O)n(C)c(=O)n5C)c3Cl)c2Cl)cc2c1C(NC[CH-]CC[C-]=O)CC2.[Mn+2]. The summed E-state index contributed by atoms with van der Waals surface area (Å²) >= 11 is 14.1. The molecule has 13 heteroatoms. The van der Waals surface area contributed by atoms with Crippen molar-refractivity contribution in [2.24, 2.45) is 14.1 Å². The number of hydrogen-bond donors (Lipinski definition) is 2. The quantitative estimate of drug-likeness (QED) is 0.0955. The smallest absolute Gasteiger partial charge is 0.542 e. The first-order valence-corrected chi connectivity index (χ1v) is 15.9. The zero-order valence-corrected chi connectivity index (χ0v) is 29.1. The van der Waals surface area contributed by atoms with Crippen molar-refractivity contribution < 1.29 is 26.6 Å². The number of anilines is 2. The largest absolute Gasteiger partial charge is 2.00 e. The number of aryl methyl sites for hydroxylation is 2. The van der Waals surface area contributed by atoms with Crippen LogP contribution in [0.5, 0.6) is 5.88 Å². The minimum Gasteiger partial charge on any atom is -0.542 e. The Morgan fingerprint density at radius 3 is 2.52 bits per heavy atom. The zero-order chi connectivity index (χ0) is 33.2. The number of benzene rings is 2. The predicted molar refractivity (Wildman–Crippen MR) is 185 cm³/mol. The Morgan fingerprint density at radius 1 is 1.04 bits per heavy atom. The minimum atomic E-state index is -0.465. The maximum Gasteiger partial charge on any atom is 2.00 e. The maximum absolute atomic E-state index is 13.1. The van der Waals surface area contributed by atoms with Gasteiger partial charge in [0, 0.05) is 48.6 Å². The summed E-state index contributed by atoms with van der Waals surface area (Å²) in [5, 5.41) is 7.86. The summed E-state index contributed by atoms with van der Waals surface area (Å²) in [6.45, 7) is 0.673. The van der Waals surface area contributed by atoms with E-state index in [1.165, 1.54) is 17.8 Å². The molecule has 1 radical (unpaired) electrons. The number of nitrogens with zero attached hydrogens (tertiary/aromatic N) is 4. The summed E-state index contributed by atoms with van der Waals surface area (Å²) < 4.78 is 8.22. The summed E-state index contributed by atoms with van der Waals surface area (Å²) in [7, 11) is 4.65. The molecule has 2 N–H and O–H groups in total. The van der Waals surface area contributed by atoms with Crippen molar-refractivity contribution in [1.82, 2.24) is 24.4 Å². The van der Waals surface area contributed by atoms with Gasteiger partial charge in [-0.1, -0.05) is 53.5 Å². The Labute approximate surface area is 297 Å². The molecule has 1 aliphatic rings. The van der Waals surface area contributed by atoms with E-state index in [0.717, 1.165) is 34.1 Å². The van der Waals surface area contributed by atoms with Gasteiger partial charge in [0.1, 0.15) is 11.2 Å². The zero-order valence-electron chi connectivity index (χ0n) is 26.4. The van der Waals surface area contributed by atoms with Crippen LogP contribution in [0.4, 0.5) is 11.5 Å². The summed E-state index contributed by atoms with van der Waals surface area (Å²) in [4.78, 5) is 45.4. The summed E-state index contributed by atoms with van der Waals surface area (Å²) in [5.74, 6) is 0.822. The van der Waals surface area contributed by atoms with Gasteiger partial charge in [-0.3, -0.25) is 20.2 Å². The number of nitrogens with one attached hydrogen (secondary N) is 2. The van der Waals surface area contributed by atoms with E-state index in [-0.39, 0.29) is 34.3 Å². The van der Waals surface area contributed by atoms with Crippen LogP contribution in [-0.2, 0) is 42.4 Å². The molecule has 0 bridgehead atoms. The van der Waals surface area contributed by atoms with Gasteiger partial charge in [-0.15, -0.1) is 6.54 Å². The molecule has 0 saturated heterocycles. The molecule has 0 fully saturated rings. The minimum absolute atomic E-state index is 0. The summed E-state index contributed by atoms with van der Waals surface area (Å²) in [6, 6.07) is 15.0. The van der Waals surface area contributed by atoms with E-state index in [1.807, 2.05) is 43.0 Å². The summed E-state index contributed by atoms with van der Waals surface area (Å²) in [5.41, 5.74) is 5.04. The first kappa shape index (κ1) is 35.3. The topological polar surface area (TPSA) is 120 Å². The van der Waals surface area contributed by atoms with Crippen molar-refractivity contribution in [3.8, 4) is 28.3 Å². The molecule has 5 aromatic rings. The molecule has 2 aromatic carbocycles. The molecule has 3 heterocycles. The average Bonchev–Trinajstić information content (AvgIpc) is 3.50. The van der Waals surface area contributed by atoms with Gasteiger partial charge in [0.2, 0.25) is 5.88 Å². The Morgan fingerprint density at radius 2 is 1.77 bits per heavy atom. The molecule has 1 unspecified atom stereocenters. The van der Waals surface area contributed by atoms with Gasteiger partial charge in [0.15, 0.2) is 0 Å². The molecule has 0 spiro atoms. The molecular weight excluding hydrogens is 694 g/mol. The van der Waals surface area contributed by atoms with E-state index < -0.39 is 11.2 Å². The number of ether oxygens (including phenoxy) is 1. The van der Waals surface area contributed by atoms with Gasteiger partial charge >= 0.3 is 22.8 Å². The average molecular weight is 727 g/mol. The second-order valence-electron chi connectivity index (χ2n) is 11.3. The Hall–Kier alpha value is -3.99. The van der Waals surface area contributed by atoms with Gasteiger partial charge in [-0.05, 0) is 36.6 Å². The number of aromatic nitrogens is 4. The summed E-state index contributed by atoms with van der Waals surface area (Å²) in [6.07, 6.45) is 8.34. The van der Waals surface area contributed by atoms with Crippen LogP contribution < -0.4 is 26.6 Å². The van der Waals surface area contributed by atoms with E-state index in [1.54, 1.807) is 26.3 Å². The van der Waals surface area contributed by atoms with Crippen molar-refractivity contribution in [3.63, 3.8) is 0 Å². The Balaban J connectivity index is 0.00000451. The number of methoxy groups -OCH3 is 1. The van der Waals surface area contributed by atoms with Crippen molar-refractivity contribution in [2.45, 2.75) is 31.7 Å². The van der Waals surface area contributed by atoms with E-state index in [0.29, 0.717) is 63.3 Å².